The molecule has 2 aromatic carbocycles. The molecule has 0 aliphatic rings. The monoisotopic (exact) mass is 359 g/mol. The van der Waals surface area contributed by atoms with Gasteiger partial charge in [0.1, 0.15) is 5.75 Å². The summed E-state index contributed by atoms with van der Waals surface area (Å²) in [5, 5.41) is 3.86. The van der Waals surface area contributed by atoms with Crippen LogP contribution in [0.4, 0.5) is 0 Å². The molecule has 1 N–H and O–H groups in total. The van der Waals surface area contributed by atoms with E-state index in [9.17, 15) is 8.42 Å². The molecule has 0 saturated heterocycles. The number of rotatable bonds is 6. The van der Waals surface area contributed by atoms with Crippen LogP contribution in [0.2, 0.25) is 0 Å². The topological polar surface area (TPSA) is 94.3 Å². The highest BCUT2D eigenvalue weighted by molar-refractivity contribution is 7.89. The lowest BCUT2D eigenvalue weighted by Gasteiger charge is -2.09. The summed E-state index contributed by atoms with van der Waals surface area (Å²) in [6.07, 6.45) is 0. The van der Waals surface area contributed by atoms with Crippen molar-refractivity contribution in [3.8, 4) is 17.1 Å². The van der Waals surface area contributed by atoms with Crippen LogP contribution in [-0.4, -0.2) is 25.7 Å². The predicted octanol–water partition coefficient (Wildman–Crippen LogP) is 2.53. The van der Waals surface area contributed by atoms with Gasteiger partial charge in [0.2, 0.25) is 21.7 Å². The molecular formula is C17H17N3O4S. The van der Waals surface area contributed by atoms with Crippen molar-refractivity contribution < 1.29 is 17.7 Å². The van der Waals surface area contributed by atoms with Gasteiger partial charge in [-0.25, -0.2) is 13.1 Å². The van der Waals surface area contributed by atoms with E-state index in [4.69, 9.17) is 9.26 Å². The second-order valence-electron chi connectivity index (χ2n) is 5.33. The summed E-state index contributed by atoms with van der Waals surface area (Å²) < 4.78 is 37.6. The van der Waals surface area contributed by atoms with Crippen LogP contribution in [0.5, 0.6) is 5.75 Å². The van der Waals surface area contributed by atoms with Crippen molar-refractivity contribution in [1.82, 2.24) is 14.9 Å². The first-order chi connectivity index (χ1) is 12.0. The summed E-state index contributed by atoms with van der Waals surface area (Å²) in [7, 11) is -2.17. The summed E-state index contributed by atoms with van der Waals surface area (Å²) in [6, 6.07) is 14.1. The molecule has 7 nitrogen and oxygen atoms in total. The Morgan fingerprint density at radius 3 is 2.60 bits per heavy atom. The highest BCUT2D eigenvalue weighted by Crippen LogP contribution is 2.21. The Balaban J connectivity index is 1.74. The molecule has 0 unspecified atom stereocenters. The van der Waals surface area contributed by atoms with E-state index in [-0.39, 0.29) is 17.3 Å². The second kappa shape index (κ2) is 7.04. The van der Waals surface area contributed by atoms with Gasteiger partial charge in [-0.1, -0.05) is 35.5 Å². The van der Waals surface area contributed by atoms with Crippen molar-refractivity contribution in [3.05, 3.63) is 60.0 Å². The number of benzene rings is 2. The van der Waals surface area contributed by atoms with E-state index in [0.717, 1.165) is 5.56 Å². The molecule has 0 aliphatic heterocycles. The lowest BCUT2D eigenvalue weighted by atomic mass is 10.2. The van der Waals surface area contributed by atoms with Gasteiger partial charge in [0, 0.05) is 5.56 Å². The number of nitrogens with one attached hydrogen (secondary N) is 1. The standard InChI is InChI=1S/C17H17N3O4S/c1-12-10-14(23-2)8-9-15(12)25(21,22)18-11-16-19-17(20-24-16)13-6-4-3-5-7-13/h3-10,18H,11H2,1-2H3. The number of aryl methyl sites for hydroxylation is 1. The van der Waals surface area contributed by atoms with Gasteiger partial charge >= 0.3 is 0 Å². The molecule has 0 atom stereocenters. The van der Waals surface area contributed by atoms with Crippen LogP contribution in [0.15, 0.2) is 57.9 Å². The van der Waals surface area contributed by atoms with E-state index in [1.807, 2.05) is 30.3 Å². The first kappa shape index (κ1) is 17.1. The molecule has 130 valence electrons. The zero-order valence-corrected chi connectivity index (χ0v) is 14.6. The first-order valence-electron chi connectivity index (χ1n) is 7.52. The summed E-state index contributed by atoms with van der Waals surface area (Å²) in [4.78, 5) is 4.38. The van der Waals surface area contributed by atoms with Gasteiger partial charge < -0.3 is 9.26 Å². The maximum absolute atomic E-state index is 12.5. The fourth-order valence-corrected chi connectivity index (χ4v) is 3.52. The lowest BCUT2D eigenvalue weighted by Crippen LogP contribution is -2.24. The van der Waals surface area contributed by atoms with Gasteiger partial charge in [-0.2, -0.15) is 4.98 Å². The fraction of sp³-hybridized carbons (Fsp3) is 0.176. The molecule has 3 aromatic rings. The third kappa shape index (κ3) is 3.86. The first-order valence-corrected chi connectivity index (χ1v) is 9.00. The average Bonchev–Trinajstić information content (AvgIpc) is 3.09. The van der Waals surface area contributed by atoms with Crippen LogP contribution < -0.4 is 9.46 Å². The van der Waals surface area contributed by atoms with E-state index in [1.54, 1.807) is 19.1 Å². The predicted molar refractivity (Wildman–Crippen MR) is 91.5 cm³/mol. The highest BCUT2D eigenvalue weighted by Gasteiger charge is 2.18. The SMILES string of the molecule is COc1ccc(S(=O)(=O)NCc2nc(-c3ccccc3)no2)c(C)c1. The van der Waals surface area contributed by atoms with Crippen molar-refractivity contribution in [2.24, 2.45) is 0 Å². The maximum Gasteiger partial charge on any atom is 0.242 e. The quantitative estimate of drug-likeness (QED) is 0.727. The zero-order valence-electron chi connectivity index (χ0n) is 13.8. The van der Waals surface area contributed by atoms with E-state index in [0.29, 0.717) is 17.1 Å². The summed E-state index contributed by atoms with van der Waals surface area (Å²) in [6.45, 7) is 1.62. The second-order valence-corrected chi connectivity index (χ2v) is 7.07. The van der Waals surface area contributed by atoms with E-state index in [2.05, 4.69) is 14.9 Å². The lowest BCUT2D eigenvalue weighted by molar-refractivity contribution is 0.376. The number of ether oxygens (including phenoxy) is 1. The smallest absolute Gasteiger partial charge is 0.242 e. The van der Waals surface area contributed by atoms with Crippen LogP contribution in [0, 0.1) is 6.92 Å². The van der Waals surface area contributed by atoms with Crippen molar-refractivity contribution in [2.75, 3.05) is 7.11 Å². The minimum atomic E-state index is -3.70. The minimum absolute atomic E-state index is 0.0896. The average molecular weight is 359 g/mol. The van der Waals surface area contributed by atoms with E-state index < -0.39 is 10.0 Å². The number of nitrogens with zero attached hydrogens (tertiary/aromatic N) is 2. The Bertz CT molecular complexity index is 969. The molecule has 0 saturated carbocycles. The highest BCUT2D eigenvalue weighted by atomic mass is 32.2. The van der Waals surface area contributed by atoms with E-state index >= 15 is 0 Å². The number of sulfonamides is 1. The van der Waals surface area contributed by atoms with Crippen molar-refractivity contribution in [2.45, 2.75) is 18.4 Å². The van der Waals surface area contributed by atoms with Crippen LogP contribution in [0.1, 0.15) is 11.5 Å². The molecule has 0 aliphatic carbocycles. The van der Waals surface area contributed by atoms with Crippen LogP contribution in [0.3, 0.4) is 0 Å². The van der Waals surface area contributed by atoms with Crippen LogP contribution >= 0.6 is 0 Å². The normalized spacial score (nSPS) is 11.4. The van der Waals surface area contributed by atoms with Crippen LogP contribution in [0.25, 0.3) is 11.4 Å². The summed E-state index contributed by atoms with van der Waals surface area (Å²) in [5.74, 6) is 1.20. The molecule has 0 spiro atoms. The Hall–Kier alpha value is -2.71. The van der Waals surface area contributed by atoms with E-state index in [1.165, 1.54) is 13.2 Å². The Morgan fingerprint density at radius 2 is 1.92 bits per heavy atom. The Kier molecular flexibility index (Phi) is 4.82. The van der Waals surface area contributed by atoms with Gasteiger partial charge in [0.25, 0.3) is 0 Å². The third-order valence-electron chi connectivity index (χ3n) is 3.59. The zero-order chi connectivity index (χ0) is 17.9. The van der Waals surface area contributed by atoms with Gasteiger partial charge in [-0.3, -0.25) is 0 Å². The summed E-state index contributed by atoms with van der Waals surface area (Å²) in [5.41, 5.74) is 1.38. The molecule has 0 fully saturated rings. The van der Waals surface area contributed by atoms with Crippen molar-refractivity contribution in [3.63, 3.8) is 0 Å². The van der Waals surface area contributed by atoms with Gasteiger partial charge in [0.15, 0.2) is 0 Å². The minimum Gasteiger partial charge on any atom is -0.497 e. The molecule has 25 heavy (non-hydrogen) atoms. The number of hydrogen-bond donors (Lipinski definition) is 1. The Morgan fingerprint density at radius 1 is 1.16 bits per heavy atom. The molecule has 0 amide bonds. The summed E-state index contributed by atoms with van der Waals surface area (Å²) >= 11 is 0. The molecule has 0 bridgehead atoms. The molecule has 0 radical (unpaired) electrons. The number of aromatic nitrogens is 2. The largest absolute Gasteiger partial charge is 0.497 e. The van der Waals surface area contributed by atoms with Crippen molar-refractivity contribution in [1.29, 1.82) is 0 Å². The molecule has 1 heterocycles. The number of methoxy groups -OCH3 is 1. The molecule has 1 aromatic heterocycles. The Labute approximate surface area is 145 Å². The number of hydrogen-bond acceptors (Lipinski definition) is 6. The van der Waals surface area contributed by atoms with Crippen molar-refractivity contribution >= 4 is 10.0 Å². The maximum atomic E-state index is 12.5. The fourth-order valence-electron chi connectivity index (χ4n) is 2.32. The van der Waals surface area contributed by atoms with Gasteiger partial charge in [-0.05, 0) is 30.7 Å². The molecule has 8 heteroatoms. The third-order valence-corrected chi connectivity index (χ3v) is 5.15. The molecule has 3 rings (SSSR count). The van der Waals surface area contributed by atoms with Gasteiger partial charge in [-0.15, -0.1) is 0 Å². The van der Waals surface area contributed by atoms with Gasteiger partial charge in [0.05, 0.1) is 18.6 Å². The molecular weight excluding hydrogens is 342 g/mol. The van der Waals surface area contributed by atoms with Crippen LogP contribution in [-0.2, 0) is 16.6 Å².